The lowest BCUT2D eigenvalue weighted by molar-refractivity contribution is -0.117. The molecule has 5 rings (SSSR count). The number of nitrogens with zero attached hydrogens (tertiary/aromatic N) is 1. The van der Waals surface area contributed by atoms with Crippen LogP contribution in [-0.2, 0) is 17.8 Å². The number of benzene rings is 3. The Morgan fingerprint density at radius 1 is 0.952 bits per heavy atom. The van der Waals surface area contributed by atoms with E-state index in [2.05, 4.69) is 48.6 Å². The summed E-state index contributed by atoms with van der Waals surface area (Å²) >= 11 is 7.05. The normalized spacial score (nSPS) is 16.7. The second kappa shape index (κ2) is 15.5. The van der Waals surface area contributed by atoms with Gasteiger partial charge in [-0.3, -0.25) is 9.59 Å². The quantitative estimate of drug-likeness (QED) is 0.201. The fourth-order valence-corrected chi connectivity index (χ4v) is 7.35. The second-order valence-corrected chi connectivity index (χ2v) is 13.0. The molecule has 1 saturated heterocycles. The number of carbonyl (C=O) groups is 2. The van der Waals surface area contributed by atoms with Crippen molar-refractivity contribution in [2.45, 2.75) is 69.6 Å². The first-order valence-electron chi connectivity index (χ1n) is 14.5. The van der Waals surface area contributed by atoms with Gasteiger partial charge in [0, 0.05) is 46.3 Å². The van der Waals surface area contributed by atoms with Crippen LogP contribution in [0.2, 0.25) is 0 Å². The van der Waals surface area contributed by atoms with Crippen LogP contribution in [0, 0.1) is 0 Å². The number of rotatable bonds is 11. The predicted octanol–water partition coefficient (Wildman–Crippen LogP) is 6.91. The minimum absolute atomic E-state index is 0. The smallest absolute Gasteiger partial charge is 0.251 e. The van der Waals surface area contributed by atoms with Crippen LogP contribution in [0.5, 0.6) is 0 Å². The minimum atomic E-state index is -0.813. The van der Waals surface area contributed by atoms with E-state index in [1.807, 2.05) is 65.6 Å². The summed E-state index contributed by atoms with van der Waals surface area (Å²) in [4.78, 5) is 28.2. The molecule has 0 radical (unpaired) electrons. The van der Waals surface area contributed by atoms with E-state index in [1.54, 1.807) is 0 Å². The maximum atomic E-state index is 13.8. The van der Waals surface area contributed by atoms with Crippen molar-refractivity contribution in [2.24, 2.45) is 0 Å². The van der Waals surface area contributed by atoms with E-state index in [-0.39, 0.29) is 24.2 Å². The lowest BCUT2D eigenvalue weighted by atomic mass is 9.94. The number of carbonyl (C=O) groups excluding carboxylic acids is 2. The van der Waals surface area contributed by atoms with Gasteiger partial charge in [0.1, 0.15) is 0 Å². The predicted molar refractivity (Wildman–Crippen MR) is 177 cm³/mol. The summed E-state index contributed by atoms with van der Waals surface area (Å²) in [6.07, 6.45) is 5.66. The monoisotopic (exact) mass is 717 g/mol. The van der Waals surface area contributed by atoms with Gasteiger partial charge in [-0.1, -0.05) is 75.0 Å². The van der Waals surface area contributed by atoms with Gasteiger partial charge in [-0.15, -0.1) is 12.4 Å². The van der Waals surface area contributed by atoms with Gasteiger partial charge in [-0.25, -0.2) is 0 Å². The zero-order valence-corrected chi connectivity index (χ0v) is 27.5. The van der Waals surface area contributed by atoms with Crippen molar-refractivity contribution in [2.75, 3.05) is 18.0 Å². The van der Waals surface area contributed by atoms with Crippen LogP contribution in [0.15, 0.2) is 75.7 Å². The molecule has 224 valence electrons. The molecule has 2 fully saturated rings. The molecular formula is C33H38Br2ClN3O3. The number of hydrogen-bond donors (Lipinski definition) is 3. The highest BCUT2D eigenvalue weighted by atomic mass is 79.9. The van der Waals surface area contributed by atoms with Gasteiger partial charge < -0.3 is 20.6 Å². The van der Waals surface area contributed by atoms with Crippen LogP contribution in [0.25, 0.3) is 0 Å². The number of nitrogens with one attached hydrogen (secondary N) is 2. The Morgan fingerprint density at radius 2 is 1.67 bits per heavy atom. The van der Waals surface area contributed by atoms with Gasteiger partial charge in [0.05, 0.1) is 12.1 Å². The maximum Gasteiger partial charge on any atom is 0.251 e. The summed E-state index contributed by atoms with van der Waals surface area (Å²) < 4.78 is 1.96. The van der Waals surface area contributed by atoms with Gasteiger partial charge in [-0.2, -0.15) is 0 Å². The topological polar surface area (TPSA) is 81.7 Å². The van der Waals surface area contributed by atoms with Crippen molar-refractivity contribution in [3.8, 4) is 0 Å². The summed E-state index contributed by atoms with van der Waals surface area (Å²) in [6, 6.07) is 21.4. The van der Waals surface area contributed by atoms with Crippen molar-refractivity contribution in [1.82, 2.24) is 10.6 Å². The molecule has 2 atom stereocenters. The van der Waals surface area contributed by atoms with Gasteiger partial charge in [0.15, 0.2) is 0 Å². The Hall–Kier alpha value is -2.23. The largest absolute Gasteiger partial charge is 0.390 e. The van der Waals surface area contributed by atoms with Crippen molar-refractivity contribution in [1.29, 1.82) is 0 Å². The third kappa shape index (κ3) is 8.66. The molecule has 2 amide bonds. The Kier molecular flexibility index (Phi) is 12.0. The van der Waals surface area contributed by atoms with E-state index in [1.165, 1.54) is 12.8 Å². The van der Waals surface area contributed by atoms with Gasteiger partial charge >= 0.3 is 0 Å². The molecule has 1 aliphatic heterocycles. The molecule has 9 heteroatoms. The second-order valence-electron chi connectivity index (χ2n) is 11.2. The summed E-state index contributed by atoms with van der Waals surface area (Å²) in [5.41, 5.74) is 4.60. The maximum absolute atomic E-state index is 13.8. The third-order valence-electron chi connectivity index (χ3n) is 8.10. The highest BCUT2D eigenvalue weighted by molar-refractivity contribution is 9.11. The molecule has 0 aromatic heterocycles. The van der Waals surface area contributed by atoms with Crippen LogP contribution < -0.4 is 15.5 Å². The SMILES string of the molecule is Cl.O=C(N[C@@H](Cc1ccccc1)[C@@H](O)CNCc1cc(Br)cc(Br)c1)c1cc(C2CCCC2)cc(N2CCCC2=O)c1. The first-order chi connectivity index (χ1) is 19.9. The molecule has 3 aromatic rings. The number of anilines is 1. The molecule has 3 aromatic carbocycles. The fourth-order valence-electron chi connectivity index (χ4n) is 5.96. The number of hydrogen-bond acceptors (Lipinski definition) is 4. The van der Waals surface area contributed by atoms with E-state index in [4.69, 9.17) is 0 Å². The van der Waals surface area contributed by atoms with Gasteiger partial charge in [0.2, 0.25) is 5.91 Å². The number of amides is 2. The number of aliphatic hydroxyl groups excluding tert-OH is 1. The Labute approximate surface area is 271 Å². The molecule has 6 nitrogen and oxygen atoms in total. The Bertz CT molecular complexity index is 1350. The fraction of sp³-hybridized carbons (Fsp3) is 0.394. The van der Waals surface area contributed by atoms with Crippen molar-refractivity contribution < 1.29 is 14.7 Å². The van der Waals surface area contributed by atoms with E-state index in [0.29, 0.717) is 44.0 Å². The number of halogens is 3. The van der Waals surface area contributed by atoms with E-state index in [9.17, 15) is 14.7 Å². The zero-order valence-electron chi connectivity index (χ0n) is 23.5. The van der Waals surface area contributed by atoms with Gasteiger partial charge in [0.25, 0.3) is 5.91 Å². The molecule has 1 aliphatic carbocycles. The molecule has 0 unspecified atom stereocenters. The summed E-state index contributed by atoms with van der Waals surface area (Å²) in [5, 5.41) is 17.8. The lowest BCUT2D eigenvalue weighted by Crippen LogP contribution is -2.48. The van der Waals surface area contributed by atoms with Crippen LogP contribution in [0.4, 0.5) is 5.69 Å². The van der Waals surface area contributed by atoms with E-state index in [0.717, 1.165) is 50.6 Å². The molecule has 1 heterocycles. The van der Waals surface area contributed by atoms with Gasteiger partial charge in [-0.05, 0) is 84.7 Å². The first-order valence-corrected chi connectivity index (χ1v) is 16.1. The Morgan fingerprint density at radius 3 is 2.33 bits per heavy atom. The standard InChI is InChI=1S/C33H37Br2N3O3.ClH/c34-27-13-23(14-28(35)19-27)20-36-21-31(39)30(15-22-7-2-1-3-8-22)37-33(41)26-16-25(24-9-4-5-10-24)17-29(18-26)38-12-6-11-32(38)40;/h1-3,7-8,13-14,16-19,24,30-31,36,39H,4-6,9-12,15,20-21H2,(H,37,41);1H/t30-,31-;/m0./s1. The van der Waals surface area contributed by atoms with E-state index < -0.39 is 12.1 Å². The van der Waals surface area contributed by atoms with Crippen LogP contribution >= 0.6 is 44.3 Å². The highest BCUT2D eigenvalue weighted by Crippen LogP contribution is 2.37. The van der Waals surface area contributed by atoms with Crippen LogP contribution in [-0.4, -0.2) is 42.2 Å². The first kappa shape index (κ1) is 32.7. The van der Waals surface area contributed by atoms with Crippen molar-refractivity contribution in [3.63, 3.8) is 0 Å². The minimum Gasteiger partial charge on any atom is -0.390 e. The zero-order chi connectivity index (χ0) is 28.8. The average molecular weight is 720 g/mol. The third-order valence-corrected chi connectivity index (χ3v) is 9.01. The molecule has 42 heavy (non-hydrogen) atoms. The van der Waals surface area contributed by atoms with E-state index >= 15 is 0 Å². The Balaban J connectivity index is 0.00000405. The molecular weight excluding hydrogens is 682 g/mol. The molecule has 0 spiro atoms. The lowest BCUT2D eigenvalue weighted by Gasteiger charge is -2.26. The summed E-state index contributed by atoms with van der Waals surface area (Å²) in [6.45, 7) is 1.58. The van der Waals surface area contributed by atoms with Crippen molar-refractivity contribution >= 4 is 61.8 Å². The van der Waals surface area contributed by atoms with Crippen LogP contribution in [0.1, 0.15) is 71.5 Å². The summed E-state index contributed by atoms with van der Waals surface area (Å²) in [7, 11) is 0. The van der Waals surface area contributed by atoms with Crippen LogP contribution in [0.3, 0.4) is 0 Å². The molecule has 3 N–H and O–H groups in total. The molecule has 0 bridgehead atoms. The van der Waals surface area contributed by atoms with Crippen molar-refractivity contribution in [3.05, 3.63) is 97.9 Å². The number of aliphatic hydroxyl groups is 1. The summed E-state index contributed by atoms with van der Waals surface area (Å²) in [5.74, 6) is 0.293. The highest BCUT2D eigenvalue weighted by Gasteiger charge is 2.27. The molecule has 1 saturated carbocycles. The average Bonchev–Trinajstić information content (AvgIpc) is 3.65. The molecule has 2 aliphatic rings.